The van der Waals surface area contributed by atoms with E-state index in [2.05, 4.69) is 10.3 Å². The van der Waals surface area contributed by atoms with Gasteiger partial charge in [0.15, 0.2) is 0 Å². The summed E-state index contributed by atoms with van der Waals surface area (Å²) in [5.41, 5.74) is 2.34. The van der Waals surface area contributed by atoms with Gasteiger partial charge < -0.3 is 5.32 Å². The van der Waals surface area contributed by atoms with Crippen LogP contribution < -0.4 is 10.2 Å². The number of amides is 3. The number of carbonyl (C=O) groups excluding carboxylic acids is 2. The number of nitrogens with one attached hydrogen (secondary N) is 1. The number of aryl methyl sites for hydroxylation is 1. The fourth-order valence-corrected chi connectivity index (χ4v) is 4.70. The molecule has 132 valence electrons. The molecule has 4 rings (SSSR count). The highest BCUT2D eigenvalue weighted by Gasteiger charge is 2.45. The van der Waals surface area contributed by atoms with Crippen molar-refractivity contribution < 1.29 is 9.59 Å². The van der Waals surface area contributed by atoms with E-state index in [0.717, 1.165) is 22.5 Å². The second-order valence-corrected chi connectivity index (χ2v) is 7.69. The summed E-state index contributed by atoms with van der Waals surface area (Å²) in [6.07, 6.45) is 5.97. The molecular formula is C19H16ClN3O2S. The van der Waals surface area contributed by atoms with Gasteiger partial charge in [0.05, 0.1) is 17.9 Å². The molecule has 0 bridgehead atoms. The predicted molar refractivity (Wildman–Crippen MR) is 104 cm³/mol. The van der Waals surface area contributed by atoms with Crippen LogP contribution in [0.1, 0.15) is 18.1 Å². The zero-order chi connectivity index (χ0) is 18.3. The number of hydrogen-bond acceptors (Lipinski definition) is 4. The highest BCUT2D eigenvalue weighted by atomic mass is 35.5. The zero-order valence-corrected chi connectivity index (χ0v) is 15.6. The molecule has 3 heterocycles. The topological polar surface area (TPSA) is 62.3 Å². The van der Waals surface area contributed by atoms with Crippen molar-refractivity contribution in [1.82, 2.24) is 10.3 Å². The van der Waals surface area contributed by atoms with Crippen LogP contribution in [0.2, 0.25) is 5.02 Å². The minimum atomic E-state index is -0.427. The van der Waals surface area contributed by atoms with E-state index in [1.807, 2.05) is 43.3 Å². The van der Waals surface area contributed by atoms with Crippen molar-refractivity contribution in [2.75, 3.05) is 4.90 Å². The Bertz CT molecular complexity index is 931. The summed E-state index contributed by atoms with van der Waals surface area (Å²) >= 11 is 7.71. The monoisotopic (exact) mass is 385 g/mol. The van der Waals surface area contributed by atoms with Gasteiger partial charge in [0.25, 0.3) is 5.91 Å². The molecule has 1 aromatic heterocycles. The fourth-order valence-electron chi connectivity index (χ4n) is 3.10. The number of fused-ring (bicyclic) bond motifs is 1. The third kappa shape index (κ3) is 2.89. The summed E-state index contributed by atoms with van der Waals surface area (Å²) in [4.78, 5) is 31.8. The second kappa shape index (κ2) is 6.78. The van der Waals surface area contributed by atoms with Crippen molar-refractivity contribution in [1.29, 1.82) is 0 Å². The number of thioether (sulfide) groups is 1. The summed E-state index contributed by atoms with van der Waals surface area (Å²) < 4.78 is 0. The number of hydrogen-bond donors (Lipinski definition) is 1. The predicted octanol–water partition coefficient (Wildman–Crippen LogP) is 3.88. The Labute approximate surface area is 160 Å². The number of imide groups is 1. The van der Waals surface area contributed by atoms with Crippen molar-refractivity contribution >= 4 is 45.9 Å². The summed E-state index contributed by atoms with van der Waals surface area (Å²) in [6.45, 7) is 2.00. The summed E-state index contributed by atoms with van der Waals surface area (Å²) in [5.74, 6) is -0.239. The first-order valence-electron chi connectivity index (χ1n) is 8.30. The smallest absolute Gasteiger partial charge is 0.329 e. The maximum atomic E-state index is 13.0. The number of urea groups is 1. The first-order valence-corrected chi connectivity index (χ1v) is 9.56. The van der Waals surface area contributed by atoms with Gasteiger partial charge in [-0.15, -0.1) is 11.8 Å². The molecule has 1 N–H and O–H groups in total. The average Bonchev–Trinajstić information content (AvgIpc) is 3.06. The minimum Gasteiger partial charge on any atom is -0.329 e. The van der Waals surface area contributed by atoms with E-state index in [9.17, 15) is 9.59 Å². The SMILES string of the molecule is CCc1cncc(N2C(=O)NC3C=C(c4ccccc4Cl)SC3C2=O)c1. The number of benzene rings is 1. The summed E-state index contributed by atoms with van der Waals surface area (Å²) in [7, 11) is 0. The van der Waals surface area contributed by atoms with Gasteiger partial charge in [0.2, 0.25) is 0 Å². The van der Waals surface area contributed by atoms with E-state index in [0.29, 0.717) is 10.7 Å². The van der Waals surface area contributed by atoms with E-state index in [4.69, 9.17) is 11.6 Å². The van der Waals surface area contributed by atoms with Crippen LogP contribution in [0.4, 0.5) is 10.5 Å². The lowest BCUT2D eigenvalue weighted by molar-refractivity contribution is -0.118. The molecule has 7 heteroatoms. The number of halogens is 1. The molecule has 1 aromatic carbocycles. The molecule has 2 unspecified atom stereocenters. The highest BCUT2D eigenvalue weighted by molar-refractivity contribution is 8.09. The van der Waals surface area contributed by atoms with Gasteiger partial charge in [-0.3, -0.25) is 9.78 Å². The van der Waals surface area contributed by atoms with Crippen LogP contribution in [-0.2, 0) is 11.2 Å². The van der Waals surface area contributed by atoms with Crippen molar-refractivity contribution in [3.8, 4) is 0 Å². The Morgan fingerprint density at radius 1 is 1.27 bits per heavy atom. The molecule has 0 radical (unpaired) electrons. The van der Waals surface area contributed by atoms with Crippen molar-refractivity contribution in [2.24, 2.45) is 0 Å². The maximum Gasteiger partial charge on any atom is 0.329 e. The molecule has 0 spiro atoms. The van der Waals surface area contributed by atoms with E-state index in [-0.39, 0.29) is 11.9 Å². The van der Waals surface area contributed by atoms with E-state index < -0.39 is 11.3 Å². The second-order valence-electron chi connectivity index (χ2n) is 6.10. The molecule has 3 amide bonds. The van der Waals surface area contributed by atoms with Crippen LogP contribution in [0.15, 0.2) is 48.8 Å². The van der Waals surface area contributed by atoms with E-state index in [1.165, 1.54) is 16.7 Å². The molecule has 2 aliphatic heterocycles. The van der Waals surface area contributed by atoms with Crippen LogP contribution in [0.25, 0.3) is 4.91 Å². The first kappa shape index (κ1) is 17.1. The largest absolute Gasteiger partial charge is 0.329 e. The van der Waals surface area contributed by atoms with Gasteiger partial charge in [-0.25, -0.2) is 9.69 Å². The first-order chi connectivity index (χ1) is 12.6. The number of anilines is 1. The molecule has 5 nitrogen and oxygen atoms in total. The number of carbonyl (C=O) groups is 2. The zero-order valence-electron chi connectivity index (χ0n) is 14.0. The van der Waals surface area contributed by atoms with Crippen LogP contribution >= 0.6 is 23.4 Å². The Morgan fingerprint density at radius 3 is 2.85 bits per heavy atom. The lowest BCUT2D eigenvalue weighted by Gasteiger charge is -2.33. The molecule has 26 heavy (non-hydrogen) atoms. The lowest BCUT2D eigenvalue weighted by Crippen LogP contribution is -2.60. The van der Waals surface area contributed by atoms with Crippen molar-refractivity contribution in [3.05, 3.63) is 65.0 Å². The number of aromatic nitrogens is 1. The number of nitrogens with zero attached hydrogens (tertiary/aromatic N) is 2. The van der Waals surface area contributed by atoms with Gasteiger partial charge in [0.1, 0.15) is 5.25 Å². The maximum absolute atomic E-state index is 13.0. The van der Waals surface area contributed by atoms with Crippen LogP contribution in [-0.4, -0.2) is 28.2 Å². The van der Waals surface area contributed by atoms with Crippen LogP contribution in [0, 0.1) is 0 Å². The van der Waals surface area contributed by atoms with Gasteiger partial charge in [-0.1, -0.05) is 36.7 Å². The highest BCUT2D eigenvalue weighted by Crippen LogP contribution is 2.44. The van der Waals surface area contributed by atoms with Crippen LogP contribution in [0.3, 0.4) is 0 Å². The Morgan fingerprint density at radius 2 is 2.08 bits per heavy atom. The minimum absolute atomic E-state index is 0.239. The Balaban J connectivity index is 1.64. The molecule has 1 saturated heterocycles. The molecule has 2 aliphatic rings. The number of pyridine rings is 1. The Kier molecular flexibility index (Phi) is 4.46. The number of rotatable bonds is 3. The standard InChI is InChI=1S/C19H16ClN3O2S/c1-2-11-7-12(10-21-9-11)23-18(24)17-15(22-19(23)25)8-16(26-17)13-5-3-4-6-14(13)20/h3-10,15,17H,2H2,1H3,(H,22,25). The van der Waals surface area contributed by atoms with E-state index >= 15 is 0 Å². The van der Waals surface area contributed by atoms with Crippen molar-refractivity contribution in [2.45, 2.75) is 24.6 Å². The van der Waals surface area contributed by atoms with Gasteiger partial charge in [0, 0.05) is 21.7 Å². The van der Waals surface area contributed by atoms with Gasteiger partial charge in [-0.05, 0) is 30.2 Å². The molecular weight excluding hydrogens is 370 g/mol. The molecule has 2 aromatic rings. The van der Waals surface area contributed by atoms with Crippen molar-refractivity contribution in [3.63, 3.8) is 0 Å². The Hall–Kier alpha value is -2.31. The summed E-state index contributed by atoms with van der Waals surface area (Å²) in [6, 6.07) is 8.55. The normalized spacial score (nSPS) is 22.1. The molecule has 0 saturated carbocycles. The molecule has 0 aliphatic carbocycles. The van der Waals surface area contributed by atoms with Gasteiger partial charge in [-0.2, -0.15) is 0 Å². The average molecular weight is 386 g/mol. The quantitative estimate of drug-likeness (QED) is 0.870. The third-order valence-corrected chi connectivity index (χ3v) is 6.14. The molecule has 1 fully saturated rings. The fraction of sp³-hybridized carbons (Fsp3) is 0.211. The molecule has 2 atom stereocenters. The van der Waals surface area contributed by atoms with Gasteiger partial charge >= 0.3 is 6.03 Å². The third-order valence-electron chi connectivity index (χ3n) is 4.45. The van der Waals surface area contributed by atoms with E-state index in [1.54, 1.807) is 12.4 Å². The van der Waals surface area contributed by atoms with Crippen LogP contribution in [0.5, 0.6) is 0 Å². The lowest BCUT2D eigenvalue weighted by atomic mass is 10.1. The summed E-state index contributed by atoms with van der Waals surface area (Å²) in [5, 5.41) is 3.12.